The minimum absolute atomic E-state index is 0.214. The van der Waals surface area contributed by atoms with Gasteiger partial charge < -0.3 is 11.1 Å². The highest BCUT2D eigenvalue weighted by Gasteiger charge is 2.15. The van der Waals surface area contributed by atoms with E-state index in [4.69, 9.17) is 5.73 Å². The Morgan fingerprint density at radius 2 is 2.25 bits per heavy atom. The summed E-state index contributed by atoms with van der Waals surface area (Å²) in [6, 6.07) is 5.42. The van der Waals surface area contributed by atoms with Gasteiger partial charge in [-0.1, -0.05) is 6.07 Å². The zero-order valence-corrected chi connectivity index (χ0v) is 8.32. The molecule has 0 bridgehead atoms. The highest BCUT2D eigenvalue weighted by molar-refractivity contribution is 6.12. The topological polar surface area (TPSA) is 96.2 Å². The number of rotatable bonds is 1. The number of nitrogens with one attached hydrogen (secondary N) is 2. The summed E-state index contributed by atoms with van der Waals surface area (Å²) in [4.78, 5) is 15.8. The van der Waals surface area contributed by atoms with Crippen LogP contribution < -0.4 is 16.6 Å². The Morgan fingerprint density at radius 3 is 3.06 bits per heavy atom. The Bertz CT molecular complexity index is 658. The summed E-state index contributed by atoms with van der Waals surface area (Å²) in [6.45, 7) is 0.302. The van der Waals surface area contributed by atoms with Gasteiger partial charge in [0.25, 0.3) is 5.56 Å². The van der Waals surface area contributed by atoms with Gasteiger partial charge in [-0.25, -0.2) is 10.1 Å². The smallest absolute Gasteiger partial charge is 0.272 e. The Balaban J connectivity index is 2.45. The third-order valence-corrected chi connectivity index (χ3v) is 2.51. The van der Waals surface area contributed by atoms with Gasteiger partial charge in [0.15, 0.2) is 5.82 Å². The van der Waals surface area contributed by atoms with E-state index in [1.54, 1.807) is 6.07 Å². The number of aliphatic imine (C=N–C) groups is 1. The van der Waals surface area contributed by atoms with Crippen molar-refractivity contribution in [1.82, 2.24) is 10.2 Å². The summed E-state index contributed by atoms with van der Waals surface area (Å²) in [7, 11) is 0. The molecule has 6 heteroatoms. The maximum Gasteiger partial charge on any atom is 0.272 e. The van der Waals surface area contributed by atoms with Gasteiger partial charge in [-0.05, 0) is 12.1 Å². The highest BCUT2D eigenvalue weighted by Crippen LogP contribution is 2.31. The molecule has 0 unspecified atom stereocenters. The van der Waals surface area contributed by atoms with Crippen LogP contribution in [-0.4, -0.2) is 22.6 Å². The zero-order chi connectivity index (χ0) is 11.1. The number of nitrogens with zero attached hydrogens (tertiary/aromatic N) is 2. The first kappa shape index (κ1) is 9.05. The van der Waals surface area contributed by atoms with Crippen molar-refractivity contribution in [3.05, 3.63) is 28.6 Å². The molecular formula is C10H9N5O. The molecule has 0 amide bonds. The first-order chi connectivity index (χ1) is 7.79. The number of hydrogen-bond acceptors (Lipinski definition) is 5. The molecule has 0 spiro atoms. The Kier molecular flexibility index (Phi) is 1.78. The highest BCUT2D eigenvalue weighted by atomic mass is 16.1. The fourth-order valence-corrected chi connectivity index (χ4v) is 1.80. The molecule has 2 aromatic rings. The third-order valence-electron chi connectivity index (χ3n) is 2.51. The molecule has 1 aromatic carbocycles. The predicted octanol–water partition coefficient (Wildman–Crippen LogP) is 0.337. The van der Waals surface area contributed by atoms with E-state index in [1.165, 1.54) is 0 Å². The van der Waals surface area contributed by atoms with E-state index in [0.29, 0.717) is 23.6 Å². The van der Waals surface area contributed by atoms with Gasteiger partial charge in [-0.2, -0.15) is 5.10 Å². The van der Waals surface area contributed by atoms with Crippen molar-refractivity contribution in [2.75, 3.05) is 11.9 Å². The van der Waals surface area contributed by atoms with E-state index in [1.807, 2.05) is 12.1 Å². The minimum Gasteiger partial charge on any atom is -0.342 e. The fourth-order valence-electron chi connectivity index (χ4n) is 1.80. The molecule has 4 N–H and O–H groups in total. The van der Waals surface area contributed by atoms with Crippen LogP contribution in [0.4, 0.5) is 11.5 Å². The summed E-state index contributed by atoms with van der Waals surface area (Å²) in [5.41, 5.74) is 6.13. The Morgan fingerprint density at radius 1 is 1.38 bits per heavy atom. The summed E-state index contributed by atoms with van der Waals surface area (Å²) in [6.07, 6.45) is 0. The molecule has 0 aliphatic carbocycles. The Hall–Kier alpha value is -2.21. The van der Waals surface area contributed by atoms with Crippen LogP contribution in [0.1, 0.15) is 0 Å². The number of aromatic amines is 1. The van der Waals surface area contributed by atoms with E-state index < -0.39 is 0 Å². The van der Waals surface area contributed by atoms with Crippen molar-refractivity contribution < 1.29 is 0 Å². The first-order valence-corrected chi connectivity index (χ1v) is 4.85. The number of nitrogens with two attached hydrogens (primary N) is 1. The van der Waals surface area contributed by atoms with Gasteiger partial charge in [0.1, 0.15) is 5.84 Å². The molecule has 0 fully saturated rings. The lowest BCUT2D eigenvalue weighted by atomic mass is 10.1. The van der Waals surface area contributed by atoms with Crippen molar-refractivity contribution in [3.63, 3.8) is 0 Å². The monoisotopic (exact) mass is 215 g/mol. The van der Waals surface area contributed by atoms with Crippen LogP contribution in [0.5, 0.6) is 0 Å². The van der Waals surface area contributed by atoms with Gasteiger partial charge in [0.2, 0.25) is 0 Å². The molecule has 1 aromatic heterocycles. The van der Waals surface area contributed by atoms with Crippen LogP contribution in [0.15, 0.2) is 28.0 Å². The van der Waals surface area contributed by atoms with Crippen LogP contribution >= 0.6 is 0 Å². The summed E-state index contributed by atoms with van der Waals surface area (Å²) in [5.74, 6) is 1.14. The lowest BCUT2D eigenvalue weighted by molar-refractivity contribution is 1.00. The third kappa shape index (κ3) is 1.13. The zero-order valence-electron chi connectivity index (χ0n) is 8.32. The van der Waals surface area contributed by atoms with Crippen molar-refractivity contribution in [2.45, 2.75) is 0 Å². The second kappa shape index (κ2) is 3.14. The van der Waals surface area contributed by atoms with Crippen molar-refractivity contribution in [1.29, 1.82) is 0 Å². The summed E-state index contributed by atoms with van der Waals surface area (Å²) < 4.78 is 0. The predicted molar refractivity (Wildman–Crippen MR) is 62.1 cm³/mol. The summed E-state index contributed by atoms with van der Waals surface area (Å²) >= 11 is 0. The average Bonchev–Trinajstić information content (AvgIpc) is 2.33. The van der Waals surface area contributed by atoms with E-state index in [0.717, 1.165) is 11.1 Å². The van der Waals surface area contributed by atoms with Gasteiger partial charge in [0, 0.05) is 0 Å². The largest absolute Gasteiger partial charge is 0.342 e. The van der Waals surface area contributed by atoms with E-state index in [2.05, 4.69) is 20.5 Å². The standard InChI is InChI=1S/C10H9N5O/c11-4-7-12-6-3-1-2-5-8(6)9(13-7)14-15-10(5)16/h1-3H,4,11H2,(H,15,16)(H,12,13,14). The normalized spacial score (nSPS) is 13.4. The number of aromatic nitrogens is 2. The molecule has 80 valence electrons. The minimum atomic E-state index is -0.214. The molecule has 0 atom stereocenters. The van der Waals surface area contributed by atoms with Crippen LogP contribution in [0.2, 0.25) is 0 Å². The average molecular weight is 215 g/mol. The molecule has 0 radical (unpaired) electrons. The molecule has 16 heavy (non-hydrogen) atoms. The molecule has 2 heterocycles. The second-order valence-electron chi connectivity index (χ2n) is 3.49. The summed E-state index contributed by atoms with van der Waals surface area (Å²) in [5, 5.41) is 10.7. The number of amidine groups is 1. The van der Waals surface area contributed by atoms with Crippen LogP contribution in [0, 0.1) is 0 Å². The van der Waals surface area contributed by atoms with Gasteiger partial charge in [-0.15, -0.1) is 0 Å². The second-order valence-corrected chi connectivity index (χ2v) is 3.49. The van der Waals surface area contributed by atoms with E-state index in [-0.39, 0.29) is 5.56 Å². The molecule has 1 aliphatic rings. The SMILES string of the molecule is NCC1=Nc2n[nH]c(=O)c3cccc(c23)N1. The van der Waals surface area contributed by atoms with Gasteiger partial charge in [0.05, 0.1) is 23.0 Å². The maximum atomic E-state index is 11.6. The van der Waals surface area contributed by atoms with Crippen molar-refractivity contribution in [2.24, 2.45) is 10.7 Å². The first-order valence-electron chi connectivity index (χ1n) is 4.85. The number of hydrogen-bond donors (Lipinski definition) is 3. The van der Waals surface area contributed by atoms with Crippen molar-refractivity contribution >= 4 is 28.1 Å². The molecule has 0 saturated heterocycles. The lowest BCUT2D eigenvalue weighted by Gasteiger charge is -2.16. The quantitative estimate of drug-likeness (QED) is 0.639. The van der Waals surface area contributed by atoms with Crippen LogP contribution in [0.25, 0.3) is 10.8 Å². The molecule has 0 saturated carbocycles. The molecular weight excluding hydrogens is 206 g/mol. The van der Waals surface area contributed by atoms with Crippen molar-refractivity contribution in [3.8, 4) is 0 Å². The van der Waals surface area contributed by atoms with Crippen LogP contribution in [-0.2, 0) is 0 Å². The van der Waals surface area contributed by atoms with Gasteiger partial charge >= 0.3 is 0 Å². The maximum absolute atomic E-state index is 11.6. The van der Waals surface area contributed by atoms with E-state index in [9.17, 15) is 4.79 Å². The molecule has 6 nitrogen and oxygen atoms in total. The number of anilines is 1. The fraction of sp³-hybridized carbons (Fsp3) is 0.100. The number of H-pyrrole nitrogens is 1. The molecule has 3 rings (SSSR count). The van der Waals surface area contributed by atoms with Crippen LogP contribution in [0.3, 0.4) is 0 Å². The van der Waals surface area contributed by atoms with Gasteiger partial charge in [-0.3, -0.25) is 4.79 Å². The van der Waals surface area contributed by atoms with E-state index >= 15 is 0 Å². The molecule has 1 aliphatic heterocycles. The Labute approximate surface area is 90.2 Å². The number of benzene rings is 1. The lowest BCUT2D eigenvalue weighted by Crippen LogP contribution is -2.25.